The summed E-state index contributed by atoms with van der Waals surface area (Å²) in [6.07, 6.45) is 2.50. The molecule has 2 fully saturated rings. The van der Waals surface area contributed by atoms with E-state index >= 15 is 0 Å². The summed E-state index contributed by atoms with van der Waals surface area (Å²) in [6, 6.07) is 10.6. The van der Waals surface area contributed by atoms with Crippen LogP contribution in [0.15, 0.2) is 30.3 Å². The molecule has 2 atom stereocenters. The lowest BCUT2D eigenvalue weighted by molar-refractivity contribution is -0.136. The maximum Gasteiger partial charge on any atom is 0.227 e. The SMILES string of the molecule is NCC1(C(=O)NC2CC2c2ccccc2)CCOCC1. The first-order chi connectivity index (χ1) is 9.75. The third-order valence-corrected chi connectivity index (χ3v) is 4.66. The van der Waals surface area contributed by atoms with Crippen LogP contribution in [-0.2, 0) is 9.53 Å². The number of amides is 1. The second kappa shape index (κ2) is 5.54. The van der Waals surface area contributed by atoms with Gasteiger partial charge in [-0.3, -0.25) is 4.79 Å². The van der Waals surface area contributed by atoms with Crippen molar-refractivity contribution in [3.05, 3.63) is 35.9 Å². The highest BCUT2D eigenvalue weighted by atomic mass is 16.5. The van der Waals surface area contributed by atoms with Gasteiger partial charge in [-0.1, -0.05) is 30.3 Å². The van der Waals surface area contributed by atoms with Gasteiger partial charge in [-0.25, -0.2) is 0 Å². The first kappa shape index (κ1) is 13.6. The predicted octanol–water partition coefficient (Wildman–Crippen LogP) is 1.41. The number of carbonyl (C=O) groups excluding carboxylic acids is 1. The average molecular weight is 274 g/mol. The maximum absolute atomic E-state index is 12.5. The van der Waals surface area contributed by atoms with E-state index in [-0.39, 0.29) is 11.9 Å². The van der Waals surface area contributed by atoms with E-state index in [0.29, 0.717) is 25.7 Å². The molecule has 3 rings (SSSR count). The van der Waals surface area contributed by atoms with E-state index in [1.54, 1.807) is 0 Å². The van der Waals surface area contributed by atoms with Crippen molar-refractivity contribution in [2.45, 2.75) is 31.2 Å². The summed E-state index contributed by atoms with van der Waals surface area (Å²) in [6.45, 7) is 1.68. The molecule has 0 radical (unpaired) electrons. The van der Waals surface area contributed by atoms with Gasteiger partial charge in [0.2, 0.25) is 5.91 Å². The van der Waals surface area contributed by atoms with Crippen molar-refractivity contribution in [1.29, 1.82) is 0 Å². The fraction of sp³-hybridized carbons (Fsp3) is 0.562. The van der Waals surface area contributed by atoms with Gasteiger partial charge in [0.1, 0.15) is 0 Å². The van der Waals surface area contributed by atoms with Crippen molar-refractivity contribution >= 4 is 5.91 Å². The molecule has 1 aliphatic heterocycles. The molecule has 2 unspecified atom stereocenters. The second-order valence-corrected chi connectivity index (χ2v) is 5.93. The van der Waals surface area contributed by atoms with E-state index in [1.807, 2.05) is 18.2 Å². The molecule has 2 aliphatic rings. The van der Waals surface area contributed by atoms with Crippen molar-refractivity contribution in [3.8, 4) is 0 Å². The highest BCUT2D eigenvalue weighted by Gasteiger charge is 2.45. The Morgan fingerprint density at radius 2 is 2.00 bits per heavy atom. The van der Waals surface area contributed by atoms with Crippen LogP contribution in [0.2, 0.25) is 0 Å². The molecule has 1 aliphatic carbocycles. The zero-order chi connectivity index (χ0) is 14.0. The molecule has 0 bridgehead atoms. The summed E-state index contributed by atoms with van der Waals surface area (Å²) in [5.41, 5.74) is 6.76. The molecule has 3 N–H and O–H groups in total. The quantitative estimate of drug-likeness (QED) is 0.872. The van der Waals surface area contributed by atoms with Crippen LogP contribution in [0.4, 0.5) is 0 Å². The molecule has 4 nitrogen and oxygen atoms in total. The molecule has 1 amide bonds. The summed E-state index contributed by atoms with van der Waals surface area (Å²) >= 11 is 0. The van der Waals surface area contributed by atoms with Crippen LogP contribution in [0.25, 0.3) is 0 Å². The van der Waals surface area contributed by atoms with Crippen LogP contribution < -0.4 is 11.1 Å². The molecule has 0 spiro atoms. The molecule has 108 valence electrons. The Morgan fingerprint density at radius 3 is 2.65 bits per heavy atom. The van der Waals surface area contributed by atoms with Gasteiger partial charge in [0.25, 0.3) is 0 Å². The fourth-order valence-electron chi connectivity index (χ4n) is 3.03. The Balaban J connectivity index is 1.60. The number of benzene rings is 1. The van der Waals surface area contributed by atoms with Gasteiger partial charge in [0.15, 0.2) is 0 Å². The molecular formula is C16H22N2O2. The smallest absolute Gasteiger partial charge is 0.227 e. The third kappa shape index (κ3) is 2.58. The Kier molecular flexibility index (Phi) is 3.76. The first-order valence-electron chi connectivity index (χ1n) is 7.39. The van der Waals surface area contributed by atoms with Crippen LogP contribution >= 0.6 is 0 Å². The second-order valence-electron chi connectivity index (χ2n) is 5.93. The number of rotatable bonds is 4. The van der Waals surface area contributed by atoms with E-state index in [9.17, 15) is 4.79 Å². The average Bonchev–Trinajstić information content (AvgIpc) is 3.28. The van der Waals surface area contributed by atoms with Crippen LogP contribution in [0.3, 0.4) is 0 Å². The molecule has 1 saturated carbocycles. The van der Waals surface area contributed by atoms with Crippen LogP contribution in [0.1, 0.15) is 30.7 Å². The zero-order valence-corrected chi connectivity index (χ0v) is 11.7. The van der Waals surface area contributed by atoms with E-state index in [4.69, 9.17) is 10.5 Å². The lowest BCUT2D eigenvalue weighted by atomic mass is 9.79. The van der Waals surface area contributed by atoms with Gasteiger partial charge < -0.3 is 15.8 Å². The van der Waals surface area contributed by atoms with E-state index in [2.05, 4.69) is 17.4 Å². The molecule has 1 saturated heterocycles. The molecule has 1 aromatic rings. The molecule has 1 heterocycles. The first-order valence-corrected chi connectivity index (χ1v) is 7.39. The molecule has 1 aromatic carbocycles. The van der Waals surface area contributed by atoms with E-state index < -0.39 is 5.41 Å². The van der Waals surface area contributed by atoms with Crippen molar-refractivity contribution in [2.24, 2.45) is 11.1 Å². The zero-order valence-electron chi connectivity index (χ0n) is 11.7. The van der Waals surface area contributed by atoms with Crippen molar-refractivity contribution in [3.63, 3.8) is 0 Å². The lowest BCUT2D eigenvalue weighted by Crippen LogP contribution is -2.49. The number of carbonyl (C=O) groups is 1. The van der Waals surface area contributed by atoms with Crippen LogP contribution in [0.5, 0.6) is 0 Å². The summed E-state index contributed by atoms with van der Waals surface area (Å²) in [5.74, 6) is 0.585. The van der Waals surface area contributed by atoms with Gasteiger partial charge >= 0.3 is 0 Å². The molecule has 0 aromatic heterocycles. The Hall–Kier alpha value is -1.39. The number of hydrogen-bond acceptors (Lipinski definition) is 3. The van der Waals surface area contributed by atoms with Gasteiger partial charge in [0.05, 0.1) is 5.41 Å². The van der Waals surface area contributed by atoms with Crippen molar-refractivity contribution in [1.82, 2.24) is 5.32 Å². The summed E-state index contributed by atoms with van der Waals surface area (Å²) in [4.78, 5) is 12.5. The number of nitrogens with one attached hydrogen (secondary N) is 1. The highest BCUT2D eigenvalue weighted by Crippen LogP contribution is 2.41. The summed E-state index contributed by atoms with van der Waals surface area (Å²) < 4.78 is 5.35. The molecule has 20 heavy (non-hydrogen) atoms. The monoisotopic (exact) mass is 274 g/mol. The third-order valence-electron chi connectivity index (χ3n) is 4.66. The van der Waals surface area contributed by atoms with Crippen LogP contribution in [0, 0.1) is 5.41 Å². The van der Waals surface area contributed by atoms with Crippen LogP contribution in [-0.4, -0.2) is 31.7 Å². The van der Waals surface area contributed by atoms with E-state index in [0.717, 1.165) is 19.3 Å². The van der Waals surface area contributed by atoms with Gasteiger partial charge in [0, 0.05) is 31.7 Å². The number of hydrogen-bond donors (Lipinski definition) is 2. The van der Waals surface area contributed by atoms with Gasteiger partial charge in [-0.05, 0) is 24.8 Å². The van der Waals surface area contributed by atoms with Gasteiger partial charge in [-0.15, -0.1) is 0 Å². The Labute approximate surface area is 119 Å². The van der Waals surface area contributed by atoms with Crippen molar-refractivity contribution in [2.75, 3.05) is 19.8 Å². The minimum absolute atomic E-state index is 0.117. The maximum atomic E-state index is 12.5. The topological polar surface area (TPSA) is 64.4 Å². The number of nitrogens with two attached hydrogens (primary N) is 1. The fourth-order valence-corrected chi connectivity index (χ4v) is 3.03. The molecule has 4 heteroatoms. The minimum atomic E-state index is -0.415. The van der Waals surface area contributed by atoms with Crippen molar-refractivity contribution < 1.29 is 9.53 Å². The number of ether oxygens (including phenoxy) is 1. The Morgan fingerprint density at radius 1 is 1.30 bits per heavy atom. The Bertz CT molecular complexity index is 469. The molecular weight excluding hydrogens is 252 g/mol. The summed E-state index contributed by atoms with van der Waals surface area (Å²) in [5, 5.41) is 3.19. The largest absolute Gasteiger partial charge is 0.381 e. The minimum Gasteiger partial charge on any atom is -0.381 e. The predicted molar refractivity (Wildman–Crippen MR) is 77.3 cm³/mol. The summed E-state index contributed by atoms with van der Waals surface area (Å²) in [7, 11) is 0. The van der Waals surface area contributed by atoms with Gasteiger partial charge in [-0.2, -0.15) is 0 Å². The van der Waals surface area contributed by atoms with E-state index in [1.165, 1.54) is 5.56 Å². The lowest BCUT2D eigenvalue weighted by Gasteiger charge is -2.34. The highest BCUT2D eigenvalue weighted by molar-refractivity contribution is 5.83. The normalized spacial score (nSPS) is 27.9. The standard InChI is InChI=1S/C16H22N2O2/c17-11-16(6-8-20-9-7-16)15(19)18-14-10-13(14)12-4-2-1-3-5-12/h1-5,13-14H,6-11,17H2,(H,18,19).